The van der Waals surface area contributed by atoms with Gasteiger partial charge in [-0.1, -0.05) is 0 Å². The van der Waals surface area contributed by atoms with Crippen molar-refractivity contribution in [2.24, 2.45) is 5.73 Å². The summed E-state index contributed by atoms with van der Waals surface area (Å²) in [5.74, 6) is 0. The maximum Gasteiger partial charge on any atom is 0.407 e. The van der Waals surface area contributed by atoms with E-state index in [-0.39, 0.29) is 12.1 Å². The Labute approximate surface area is 97.7 Å². The number of nitrogens with one attached hydrogen (secondary N) is 1. The Bertz CT molecular complexity index is 214. The van der Waals surface area contributed by atoms with Gasteiger partial charge in [-0.15, -0.1) is 0 Å². The van der Waals surface area contributed by atoms with Crippen LogP contribution < -0.4 is 11.1 Å². The van der Waals surface area contributed by atoms with Crippen LogP contribution in [-0.4, -0.2) is 37.0 Å². The van der Waals surface area contributed by atoms with Gasteiger partial charge in [0.05, 0.1) is 6.10 Å². The van der Waals surface area contributed by atoms with Crippen molar-refractivity contribution < 1.29 is 14.3 Å². The smallest absolute Gasteiger partial charge is 0.407 e. The van der Waals surface area contributed by atoms with Crippen LogP contribution in [0.25, 0.3) is 0 Å². The lowest BCUT2D eigenvalue weighted by atomic mass is 10.2. The first-order valence-electron chi connectivity index (χ1n) is 5.60. The van der Waals surface area contributed by atoms with Crippen LogP contribution in [0.2, 0.25) is 0 Å². The minimum Gasteiger partial charge on any atom is -0.444 e. The van der Waals surface area contributed by atoms with Crippen molar-refractivity contribution in [2.45, 2.75) is 52.4 Å². The van der Waals surface area contributed by atoms with E-state index in [1.54, 1.807) is 0 Å². The highest BCUT2D eigenvalue weighted by Gasteiger charge is 2.18. The number of nitrogens with two attached hydrogens (primary N) is 1. The molecule has 1 amide bonds. The van der Waals surface area contributed by atoms with Gasteiger partial charge < -0.3 is 20.5 Å². The molecule has 0 aromatic rings. The second kappa shape index (κ2) is 6.70. The molecule has 0 saturated heterocycles. The number of ether oxygens (including phenoxy) is 2. The SMILES string of the molecule is CCOC(C)C(N)CNC(=O)OC(C)(C)C. The second-order valence-electron chi connectivity index (χ2n) is 4.71. The van der Waals surface area contributed by atoms with Gasteiger partial charge >= 0.3 is 6.09 Å². The number of alkyl carbamates (subject to hydrolysis) is 1. The molecule has 5 nitrogen and oxygen atoms in total. The Morgan fingerprint density at radius 3 is 2.44 bits per heavy atom. The second-order valence-corrected chi connectivity index (χ2v) is 4.71. The van der Waals surface area contributed by atoms with Crippen LogP contribution >= 0.6 is 0 Å². The van der Waals surface area contributed by atoms with Gasteiger partial charge in [0.1, 0.15) is 5.60 Å². The van der Waals surface area contributed by atoms with Crippen molar-refractivity contribution in [2.75, 3.05) is 13.2 Å². The quantitative estimate of drug-likeness (QED) is 0.748. The van der Waals surface area contributed by atoms with Crippen LogP contribution in [0.3, 0.4) is 0 Å². The Kier molecular flexibility index (Phi) is 6.36. The predicted octanol–water partition coefficient (Wildman–Crippen LogP) is 1.26. The van der Waals surface area contributed by atoms with Gasteiger partial charge in [0.15, 0.2) is 0 Å². The monoisotopic (exact) mass is 232 g/mol. The Balaban J connectivity index is 3.83. The maximum atomic E-state index is 11.3. The van der Waals surface area contributed by atoms with Crippen molar-refractivity contribution in [1.29, 1.82) is 0 Å². The molecule has 0 heterocycles. The standard InChI is InChI=1S/C11H24N2O3/c1-6-15-8(2)9(12)7-13-10(14)16-11(3,4)5/h8-9H,6-7,12H2,1-5H3,(H,13,14). The Morgan fingerprint density at radius 1 is 1.44 bits per heavy atom. The summed E-state index contributed by atoms with van der Waals surface area (Å²) in [7, 11) is 0. The predicted molar refractivity (Wildman–Crippen MR) is 63.3 cm³/mol. The van der Waals surface area contributed by atoms with Crippen LogP contribution in [0.4, 0.5) is 4.79 Å². The van der Waals surface area contributed by atoms with E-state index < -0.39 is 11.7 Å². The number of carbonyl (C=O) groups excluding carboxylic acids is 1. The highest BCUT2D eigenvalue weighted by Crippen LogP contribution is 2.06. The van der Waals surface area contributed by atoms with E-state index in [1.165, 1.54) is 0 Å². The molecule has 0 rings (SSSR count). The third kappa shape index (κ3) is 7.48. The van der Waals surface area contributed by atoms with Gasteiger partial charge in [-0.3, -0.25) is 0 Å². The molecule has 2 unspecified atom stereocenters. The molecule has 0 aliphatic carbocycles. The van der Waals surface area contributed by atoms with Crippen molar-refractivity contribution >= 4 is 6.09 Å². The first-order chi connectivity index (χ1) is 7.26. The zero-order valence-electron chi connectivity index (χ0n) is 10.9. The fourth-order valence-electron chi connectivity index (χ4n) is 1.07. The molecule has 0 aliphatic heterocycles. The minimum absolute atomic E-state index is 0.0834. The molecule has 0 radical (unpaired) electrons. The summed E-state index contributed by atoms with van der Waals surface area (Å²) in [5, 5.41) is 2.61. The van der Waals surface area contributed by atoms with Crippen molar-refractivity contribution in [1.82, 2.24) is 5.32 Å². The van der Waals surface area contributed by atoms with E-state index in [4.69, 9.17) is 15.2 Å². The average molecular weight is 232 g/mol. The van der Waals surface area contributed by atoms with Gasteiger partial charge in [-0.2, -0.15) is 0 Å². The largest absolute Gasteiger partial charge is 0.444 e. The molecular weight excluding hydrogens is 208 g/mol. The molecule has 0 spiro atoms. The van der Waals surface area contributed by atoms with E-state index >= 15 is 0 Å². The number of amides is 1. The minimum atomic E-state index is -0.486. The normalized spacial score (nSPS) is 15.4. The molecule has 0 bridgehead atoms. The topological polar surface area (TPSA) is 73.6 Å². The molecule has 0 aromatic heterocycles. The van der Waals surface area contributed by atoms with E-state index in [2.05, 4.69) is 5.32 Å². The highest BCUT2D eigenvalue weighted by atomic mass is 16.6. The van der Waals surface area contributed by atoms with Gasteiger partial charge in [-0.05, 0) is 34.6 Å². The van der Waals surface area contributed by atoms with Crippen LogP contribution in [0, 0.1) is 0 Å². The Morgan fingerprint density at radius 2 is 2.00 bits per heavy atom. The van der Waals surface area contributed by atoms with E-state index in [9.17, 15) is 4.79 Å². The molecule has 0 aliphatic rings. The lowest BCUT2D eigenvalue weighted by molar-refractivity contribution is 0.0442. The summed E-state index contributed by atoms with van der Waals surface area (Å²) >= 11 is 0. The molecule has 16 heavy (non-hydrogen) atoms. The van der Waals surface area contributed by atoms with Gasteiger partial charge in [0.2, 0.25) is 0 Å². The van der Waals surface area contributed by atoms with Crippen molar-refractivity contribution in [3.05, 3.63) is 0 Å². The molecule has 5 heteroatoms. The third-order valence-electron chi connectivity index (χ3n) is 1.91. The first-order valence-corrected chi connectivity index (χ1v) is 5.60. The molecule has 96 valence electrons. The maximum absolute atomic E-state index is 11.3. The zero-order valence-corrected chi connectivity index (χ0v) is 10.9. The number of hydrogen-bond donors (Lipinski definition) is 2. The molecule has 0 fully saturated rings. The summed E-state index contributed by atoms with van der Waals surface area (Å²) < 4.78 is 10.4. The highest BCUT2D eigenvalue weighted by molar-refractivity contribution is 5.67. The van der Waals surface area contributed by atoms with E-state index in [1.807, 2.05) is 34.6 Å². The van der Waals surface area contributed by atoms with Crippen LogP contribution in [0.1, 0.15) is 34.6 Å². The fourth-order valence-corrected chi connectivity index (χ4v) is 1.07. The average Bonchev–Trinajstić information content (AvgIpc) is 2.11. The molecular formula is C11H24N2O3. The summed E-state index contributed by atoms with van der Waals surface area (Å²) in [6.45, 7) is 10.2. The van der Waals surface area contributed by atoms with Crippen LogP contribution in [-0.2, 0) is 9.47 Å². The van der Waals surface area contributed by atoms with Crippen molar-refractivity contribution in [3.63, 3.8) is 0 Å². The summed E-state index contributed by atoms with van der Waals surface area (Å²) in [6, 6.07) is -0.229. The van der Waals surface area contributed by atoms with Gasteiger partial charge in [-0.25, -0.2) is 4.79 Å². The first kappa shape index (κ1) is 15.2. The van der Waals surface area contributed by atoms with Gasteiger partial charge in [0.25, 0.3) is 0 Å². The lowest BCUT2D eigenvalue weighted by Gasteiger charge is -2.23. The molecule has 3 N–H and O–H groups in total. The van der Waals surface area contributed by atoms with Crippen LogP contribution in [0.15, 0.2) is 0 Å². The molecule has 0 saturated carbocycles. The Hall–Kier alpha value is -0.810. The number of rotatable bonds is 5. The fraction of sp³-hybridized carbons (Fsp3) is 0.909. The summed E-state index contributed by atoms with van der Waals surface area (Å²) in [6.07, 6.45) is -0.536. The third-order valence-corrected chi connectivity index (χ3v) is 1.91. The number of carbonyl (C=O) groups is 1. The van der Waals surface area contributed by atoms with Gasteiger partial charge in [0, 0.05) is 19.2 Å². The summed E-state index contributed by atoms with van der Waals surface area (Å²) in [4.78, 5) is 11.3. The lowest BCUT2D eigenvalue weighted by Crippen LogP contribution is -2.46. The van der Waals surface area contributed by atoms with E-state index in [0.717, 1.165) is 0 Å². The molecule has 0 aromatic carbocycles. The van der Waals surface area contributed by atoms with Crippen LogP contribution in [0.5, 0.6) is 0 Å². The zero-order chi connectivity index (χ0) is 12.8. The number of hydrogen-bond acceptors (Lipinski definition) is 4. The molecule has 2 atom stereocenters. The van der Waals surface area contributed by atoms with E-state index in [0.29, 0.717) is 13.2 Å². The van der Waals surface area contributed by atoms with Crippen molar-refractivity contribution in [3.8, 4) is 0 Å². The summed E-state index contributed by atoms with van der Waals surface area (Å²) in [5.41, 5.74) is 5.33.